The third-order valence-corrected chi connectivity index (χ3v) is 5.01. The molecule has 1 aromatic rings. The molecule has 0 saturated heterocycles. The van der Waals surface area contributed by atoms with Crippen LogP contribution in [0.4, 0.5) is 0 Å². The summed E-state index contributed by atoms with van der Waals surface area (Å²) in [5.74, 6) is 2.93. The van der Waals surface area contributed by atoms with Gasteiger partial charge in [0.05, 0.1) is 13.1 Å². The van der Waals surface area contributed by atoms with Crippen molar-refractivity contribution in [1.29, 1.82) is 0 Å². The van der Waals surface area contributed by atoms with Gasteiger partial charge in [-0.25, -0.2) is 0 Å². The molecule has 110 valence electrons. The Morgan fingerprint density at radius 1 is 1.24 bits per heavy atom. The first-order valence-electron chi connectivity index (χ1n) is 7.65. The first-order valence-corrected chi connectivity index (χ1v) is 7.65. The van der Waals surface area contributed by atoms with Gasteiger partial charge < -0.3 is 5.11 Å². The van der Waals surface area contributed by atoms with Crippen LogP contribution in [0.1, 0.15) is 24.0 Å². The van der Waals surface area contributed by atoms with Gasteiger partial charge in [0.1, 0.15) is 0 Å². The number of aliphatic carboxylic acids is 1. The normalized spacial score (nSPS) is 27.0. The molecule has 21 heavy (non-hydrogen) atoms. The Bertz CT molecular complexity index is 542. The minimum absolute atomic E-state index is 0.0538. The molecule has 1 N–H and O–H groups in total. The molecule has 2 unspecified atom stereocenters. The second-order valence-electron chi connectivity index (χ2n) is 6.27. The lowest BCUT2D eigenvalue weighted by Gasteiger charge is -2.33. The third kappa shape index (κ3) is 2.82. The Morgan fingerprint density at radius 3 is 2.29 bits per heavy atom. The molecule has 2 aliphatic rings. The molecule has 0 spiro atoms. The summed E-state index contributed by atoms with van der Waals surface area (Å²) in [6.07, 6.45) is 9.94. The zero-order valence-corrected chi connectivity index (χ0v) is 12.2. The van der Waals surface area contributed by atoms with Crippen LogP contribution in [0.5, 0.6) is 0 Å². The predicted octanol–water partition coefficient (Wildman–Crippen LogP) is 2.20. The van der Waals surface area contributed by atoms with Gasteiger partial charge in [-0.2, -0.15) is 0 Å². The minimum Gasteiger partial charge on any atom is -0.480 e. The van der Waals surface area contributed by atoms with Crippen LogP contribution in [0.25, 0.3) is 0 Å². The topological polar surface area (TPSA) is 40.5 Å². The molecule has 0 aliphatic heterocycles. The van der Waals surface area contributed by atoms with E-state index in [4.69, 9.17) is 11.5 Å². The number of fused-ring (bicyclic) bond motifs is 3. The lowest BCUT2D eigenvalue weighted by molar-refractivity contribution is -0.139. The van der Waals surface area contributed by atoms with Crippen molar-refractivity contribution in [2.24, 2.45) is 11.8 Å². The van der Waals surface area contributed by atoms with Crippen molar-refractivity contribution < 1.29 is 9.90 Å². The van der Waals surface area contributed by atoms with Crippen molar-refractivity contribution in [3.63, 3.8) is 0 Å². The highest BCUT2D eigenvalue weighted by molar-refractivity contribution is 5.69. The summed E-state index contributed by atoms with van der Waals surface area (Å²) in [5.41, 5.74) is 2.87. The predicted molar refractivity (Wildman–Crippen MR) is 81.9 cm³/mol. The Hall–Kier alpha value is -1.79. The Kier molecular flexibility index (Phi) is 3.98. The van der Waals surface area contributed by atoms with Crippen LogP contribution in [-0.4, -0.2) is 35.1 Å². The number of carbonyl (C=O) groups is 1. The lowest BCUT2D eigenvalue weighted by Crippen LogP contribution is -2.45. The molecule has 2 bridgehead atoms. The van der Waals surface area contributed by atoms with Crippen molar-refractivity contribution >= 4 is 5.97 Å². The van der Waals surface area contributed by atoms with Crippen LogP contribution >= 0.6 is 0 Å². The molecule has 0 amide bonds. The summed E-state index contributed by atoms with van der Waals surface area (Å²) in [5, 5.41) is 9.17. The molecule has 0 heterocycles. The van der Waals surface area contributed by atoms with E-state index in [0.717, 1.165) is 12.8 Å². The maximum absolute atomic E-state index is 11.2. The Balaban J connectivity index is 1.87. The second kappa shape index (κ2) is 5.91. The fourth-order valence-corrected chi connectivity index (χ4v) is 4.27. The molecule has 1 saturated carbocycles. The second-order valence-corrected chi connectivity index (χ2v) is 6.27. The van der Waals surface area contributed by atoms with Gasteiger partial charge in [0.2, 0.25) is 0 Å². The van der Waals surface area contributed by atoms with Gasteiger partial charge >= 0.3 is 5.97 Å². The smallest absolute Gasteiger partial charge is 0.317 e. The monoisotopic (exact) mass is 283 g/mol. The van der Waals surface area contributed by atoms with Crippen molar-refractivity contribution in [2.45, 2.75) is 31.7 Å². The molecule has 3 heteroatoms. The Labute approximate surface area is 126 Å². The van der Waals surface area contributed by atoms with E-state index in [1.807, 2.05) is 4.90 Å². The lowest BCUT2D eigenvalue weighted by atomic mass is 9.93. The van der Waals surface area contributed by atoms with Crippen LogP contribution in [0, 0.1) is 24.2 Å². The fourth-order valence-electron chi connectivity index (χ4n) is 4.27. The molecule has 3 nitrogen and oxygen atoms in total. The number of carboxylic acid groups (broad SMARTS) is 1. The van der Waals surface area contributed by atoms with Gasteiger partial charge in [-0.15, -0.1) is 6.42 Å². The van der Waals surface area contributed by atoms with Gasteiger partial charge in [-0.05, 0) is 48.6 Å². The van der Waals surface area contributed by atoms with E-state index in [1.54, 1.807) is 0 Å². The van der Waals surface area contributed by atoms with E-state index in [2.05, 4.69) is 30.2 Å². The van der Waals surface area contributed by atoms with Crippen LogP contribution in [0.3, 0.4) is 0 Å². The van der Waals surface area contributed by atoms with Gasteiger partial charge in [0.15, 0.2) is 0 Å². The highest BCUT2D eigenvalue weighted by Crippen LogP contribution is 2.42. The fraction of sp³-hybridized carbons (Fsp3) is 0.500. The zero-order chi connectivity index (χ0) is 14.8. The number of benzene rings is 1. The first kappa shape index (κ1) is 14.2. The summed E-state index contributed by atoms with van der Waals surface area (Å²) in [4.78, 5) is 13.2. The molecule has 2 atom stereocenters. The Morgan fingerprint density at radius 2 is 1.81 bits per heavy atom. The summed E-state index contributed by atoms with van der Waals surface area (Å²) in [6.45, 7) is 0.485. The SMILES string of the molecule is C#CCN(CC(=O)O)C1C2CCC1Cc1ccccc1C2. The van der Waals surface area contributed by atoms with Crippen LogP contribution in [0.2, 0.25) is 0 Å². The molecule has 3 rings (SSSR count). The van der Waals surface area contributed by atoms with Gasteiger partial charge in [0.25, 0.3) is 0 Å². The van der Waals surface area contributed by atoms with E-state index in [9.17, 15) is 4.79 Å². The zero-order valence-electron chi connectivity index (χ0n) is 12.2. The third-order valence-electron chi connectivity index (χ3n) is 5.01. The summed E-state index contributed by atoms with van der Waals surface area (Å²) >= 11 is 0. The quantitative estimate of drug-likeness (QED) is 0.861. The van der Waals surface area contributed by atoms with Gasteiger partial charge in [-0.1, -0.05) is 30.2 Å². The van der Waals surface area contributed by atoms with Crippen molar-refractivity contribution in [3.05, 3.63) is 35.4 Å². The van der Waals surface area contributed by atoms with E-state index < -0.39 is 5.97 Å². The highest BCUT2D eigenvalue weighted by Gasteiger charge is 2.42. The molecule has 1 fully saturated rings. The van der Waals surface area contributed by atoms with E-state index in [0.29, 0.717) is 24.4 Å². The maximum atomic E-state index is 11.2. The van der Waals surface area contributed by atoms with Crippen molar-refractivity contribution in [3.8, 4) is 12.3 Å². The van der Waals surface area contributed by atoms with Crippen molar-refractivity contribution in [2.75, 3.05) is 13.1 Å². The molecule has 0 aromatic heterocycles. The van der Waals surface area contributed by atoms with E-state index >= 15 is 0 Å². The number of rotatable bonds is 4. The average molecular weight is 283 g/mol. The van der Waals surface area contributed by atoms with E-state index in [1.165, 1.54) is 24.0 Å². The van der Waals surface area contributed by atoms with Crippen LogP contribution in [0.15, 0.2) is 24.3 Å². The number of hydrogen-bond acceptors (Lipinski definition) is 2. The number of nitrogens with zero attached hydrogens (tertiary/aromatic N) is 1. The standard InChI is InChI=1S/C18H21NO2/c1-2-9-19(12-17(20)21)18-15-7-8-16(18)11-14-6-4-3-5-13(14)10-15/h1,3-6,15-16,18H,7-12H2,(H,20,21). The molecule has 1 aromatic carbocycles. The van der Waals surface area contributed by atoms with Gasteiger partial charge in [-0.3, -0.25) is 9.69 Å². The minimum atomic E-state index is -0.786. The highest BCUT2D eigenvalue weighted by atomic mass is 16.4. The average Bonchev–Trinajstić information content (AvgIpc) is 2.73. The summed E-state index contributed by atoms with van der Waals surface area (Å²) < 4.78 is 0. The van der Waals surface area contributed by atoms with Crippen LogP contribution < -0.4 is 0 Å². The first-order chi connectivity index (χ1) is 10.2. The summed E-state index contributed by atoms with van der Waals surface area (Å²) in [7, 11) is 0. The molecule has 0 radical (unpaired) electrons. The van der Waals surface area contributed by atoms with Gasteiger partial charge in [0, 0.05) is 6.04 Å². The molecule has 2 aliphatic carbocycles. The van der Waals surface area contributed by atoms with Crippen molar-refractivity contribution in [1.82, 2.24) is 4.90 Å². The van der Waals surface area contributed by atoms with E-state index in [-0.39, 0.29) is 6.54 Å². The molecular formula is C18H21NO2. The molecular weight excluding hydrogens is 262 g/mol. The number of carboxylic acids is 1. The number of hydrogen-bond donors (Lipinski definition) is 1. The summed E-state index contributed by atoms with van der Waals surface area (Å²) in [6, 6.07) is 8.95. The largest absolute Gasteiger partial charge is 0.480 e. The van der Waals surface area contributed by atoms with Crippen LogP contribution in [-0.2, 0) is 17.6 Å². The maximum Gasteiger partial charge on any atom is 0.317 e. The number of terminal acetylenes is 1.